The van der Waals surface area contributed by atoms with E-state index < -0.39 is 10.0 Å². The molecule has 6 fully saturated rings. The van der Waals surface area contributed by atoms with Crippen LogP contribution >= 0.6 is 0 Å². The molecule has 2 atom stereocenters. The summed E-state index contributed by atoms with van der Waals surface area (Å²) >= 11 is 0. The summed E-state index contributed by atoms with van der Waals surface area (Å²) in [6, 6.07) is 20.5. The van der Waals surface area contributed by atoms with E-state index in [9.17, 15) is 18.0 Å². The van der Waals surface area contributed by atoms with E-state index in [-0.39, 0.29) is 22.8 Å². The van der Waals surface area contributed by atoms with Crippen molar-refractivity contribution in [3.8, 4) is 0 Å². The van der Waals surface area contributed by atoms with Gasteiger partial charge in [-0.15, -0.1) is 0 Å². The summed E-state index contributed by atoms with van der Waals surface area (Å²) in [5.41, 5.74) is 5.00. The fourth-order valence-electron chi connectivity index (χ4n) is 10.3. The highest BCUT2D eigenvalue weighted by molar-refractivity contribution is 7.90. The van der Waals surface area contributed by atoms with Crippen molar-refractivity contribution in [2.45, 2.75) is 55.5 Å². The highest BCUT2D eigenvalue weighted by Gasteiger charge is 2.42. The van der Waals surface area contributed by atoms with E-state index >= 15 is 0 Å². The molecular formula is C41H45N7O4S. The van der Waals surface area contributed by atoms with E-state index in [2.05, 4.69) is 29.8 Å². The van der Waals surface area contributed by atoms with Crippen LogP contribution in [0.4, 0.5) is 0 Å². The predicted octanol–water partition coefficient (Wildman–Crippen LogP) is 4.63. The van der Waals surface area contributed by atoms with Crippen molar-refractivity contribution in [1.82, 2.24) is 33.8 Å². The normalized spacial score (nSPS) is 27.8. The Bertz CT molecular complexity index is 2340. The van der Waals surface area contributed by atoms with Crippen molar-refractivity contribution >= 4 is 43.6 Å². The van der Waals surface area contributed by atoms with Crippen LogP contribution in [-0.4, -0.2) is 118 Å². The van der Waals surface area contributed by atoms with Crippen LogP contribution in [0.3, 0.4) is 0 Å². The van der Waals surface area contributed by atoms with E-state index in [1.165, 1.54) is 29.9 Å². The second-order valence-electron chi connectivity index (χ2n) is 15.8. The Morgan fingerprint density at radius 2 is 1.23 bits per heavy atom. The number of carbonyl (C=O) groups excluding carboxylic acids is 2. The first-order valence-electron chi connectivity index (χ1n) is 19.3. The van der Waals surface area contributed by atoms with E-state index in [0.717, 1.165) is 85.1 Å². The lowest BCUT2D eigenvalue weighted by atomic mass is 9.83. The molecule has 3 aromatic carbocycles. The molecule has 2 aromatic heterocycles. The van der Waals surface area contributed by atoms with Crippen LogP contribution in [0, 0.1) is 11.8 Å². The Morgan fingerprint density at radius 1 is 0.642 bits per heavy atom. The van der Waals surface area contributed by atoms with Crippen molar-refractivity contribution in [3.63, 3.8) is 0 Å². The quantitative estimate of drug-likeness (QED) is 0.287. The lowest BCUT2D eigenvalue weighted by Gasteiger charge is -2.49. The summed E-state index contributed by atoms with van der Waals surface area (Å²) < 4.78 is 28.0. The number of aromatic nitrogens is 3. The van der Waals surface area contributed by atoms with Gasteiger partial charge in [0.1, 0.15) is 0 Å². The third-order valence-corrected chi connectivity index (χ3v) is 14.8. The highest BCUT2D eigenvalue weighted by Crippen LogP contribution is 2.37. The maximum Gasteiger partial charge on any atom is 0.268 e. The largest absolute Gasteiger partial charge is 0.334 e. The number of fused-ring (bicyclic) bond motifs is 6. The van der Waals surface area contributed by atoms with Crippen molar-refractivity contribution in [1.29, 1.82) is 0 Å². The number of piperidine rings is 6. The van der Waals surface area contributed by atoms with E-state index in [4.69, 9.17) is 0 Å². The summed E-state index contributed by atoms with van der Waals surface area (Å²) in [6.07, 6.45) is 8.07. The van der Waals surface area contributed by atoms with Crippen LogP contribution in [0.2, 0.25) is 0 Å². The number of nitrogens with zero attached hydrogens (tertiary/aromatic N) is 6. The van der Waals surface area contributed by atoms with Crippen LogP contribution in [0.15, 0.2) is 77.8 Å². The van der Waals surface area contributed by atoms with Gasteiger partial charge in [-0.1, -0.05) is 30.3 Å². The molecule has 0 radical (unpaired) electrons. The number of hydrogen-bond acceptors (Lipinski definition) is 7. The molecule has 8 aliphatic heterocycles. The molecule has 5 aromatic rings. The summed E-state index contributed by atoms with van der Waals surface area (Å²) in [5, 5.41) is 9.30. The Labute approximate surface area is 309 Å². The summed E-state index contributed by atoms with van der Waals surface area (Å²) in [6.45, 7) is 8.15. The van der Waals surface area contributed by atoms with E-state index in [1.807, 2.05) is 24.3 Å². The Hall–Kier alpha value is -4.52. The maximum atomic E-state index is 13.7. The van der Waals surface area contributed by atoms with Crippen molar-refractivity contribution in [2.24, 2.45) is 11.8 Å². The van der Waals surface area contributed by atoms with Crippen LogP contribution in [0.5, 0.6) is 0 Å². The number of aromatic amines is 1. The Kier molecular flexibility index (Phi) is 8.00. The summed E-state index contributed by atoms with van der Waals surface area (Å²) in [7, 11) is -3.73. The van der Waals surface area contributed by atoms with E-state index in [1.54, 1.807) is 48.7 Å². The molecule has 12 heteroatoms. The predicted molar refractivity (Wildman–Crippen MR) is 202 cm³/mol. The number of hydrogen-bond donors (Lipinski definition) is 1. The van der Waals surface area contributed by atoms with Gasteiger partial charge in [0.15, 0.2) is 0 Å². The number of rotatable bonds is 4. The van der Waals surface area contributed by atoms with Crippen molar-refractivity contribution < 1.29 is 18.0 Å². The molecule has 2 amide bonds. The van der Waals surface area contributed by atoms with Crippen LogP contribution in [0.1, 0.15) is 57.7 Å². The highest BCUT2D eigenvalue weighted by atomic mass is 32.2. The minimum Gasteiger partial charge on any atom is -0.334 e. The third kappa shape index (κ3) is 5.43. The molecule has 0 aliphatic carbocycles. The molecule has 53 heavy (non-hydrogen) atoms. The number of carbonyl (C=O) groups is 2. The lowest BCUT2D eigenvalue weighted by molar-refractivity contribution is 0.00800. The first-order valence-corrected chi connectivity index (χ1v) is 20.8. The van der Waals surface area contributed by atoms with Gasteiger partial charge in [-0.05, 0) is 112 Å². The second-order valence-corrected chi connectivity index (χ2v) is 17.6. The van der Waals surface area contributed by atoms with Gasteiger partial charge in [-0.25, -0.2) is 12.4 Å². The van der Waals surface area contributed by atoms with Gasteiger partial charge in [0.25, 0.3) is 21.8 Å². The fourth-order valence-corrected chi connectivity index (χ4v) is 11.7. The minimum absolute atomic E-state index is 0.0398. The first-order chi connectivity index (χ1) is 25.8. The Morgan fingerprint density at radius 3 is 1.83 bits per heavy atom. The summed E-state index contributed by atoms with van der Waals surface area (Å²) in [5.74, 6) is 1.49. The van der Waals surface area contributed by atoms with Crippen LogP contribution in [0.25, 0.3) is 21.8 Å². The number of benzene rings is 3. The molecule has 6 saturated heterocycles. The molecule has 0 unspecified atom stereocenters. The number of nitrogens with one attached hydrogen (secondary N) is 1. The van der Waals surface area contributed by atoms with Gasteiger partial charge in [0.2, 0.25) is 0 Å². The average molecular weight is 732 g/mol. The molecule has 0 saturated carbocycles. The summed E-state index contributed by atoms with van der Waals surface area (Å²) in [4.78, 5) is 36.3. The van der Waals surface area contributed by atoms with Gasteiger partial charge in [-0.3, -0.25) is 14.7 Å². The van der Waals surface area contributed by atoms with Crippen LogP contribution in [-0.2, 0) is 22.9 Å². The second kappa shape index (κ2) is 12.8. The molecule has 13 rings (SSSR count). The molecule has 11 nitrogen and oxygen atoms in total. The monoisotopic (exact) mass is 731 g/mol. The van der Waals surface area contributed by atoms with E-state index in [0.29, 0.717) is 41.9 Å². The average Bonchev–Trinajstić information content (AvgIpc) is 3.73. The molecule has 274 valence electrons. The van der Waals surface area contributed by atoms with Gasteiger partial charge in [-0.2, -0.15) is 5.10 Å². The third-order valence-electron chi connectivity index (χ3n) is 13.1. The smallest absolute Gasteiger partial charge is 0.268 e. The number of amides is 2. The zero-order valence-corrected chi connectivity index (χ0v) is 30.7. The molecule has 4 bridgehead atoms. The Balaban J connectivity index is 0.000000140. The maximum absolute atomic E-state index is 13.7. The van der Waals surface area contributed by atoms with Crippen molar-refractivity contribution in [3.05, 3.63) is 95.3 Å². The molecule has 8 aliphatic rings. The first kappa shape index (κ1) is 33.1. The SMILES string of the molecule is O=C1c2cccc3c2c(cn3S(=O)(=O)c2ccccc2)CCN1[C@@H]1CN2CCC1CC2.O=C1c2cccc3n[nH]c(c23)CCN1[C@@H]1CN2CCC1CC2. The van der Waals surface area contributed by atoms with Gasteiger partial charge < -0.3 is 19.6 Å². The molecule has 10 heterocycles. The fraction of sp³-hybridized carbons (Fsp3) is 0.439. The minimum atomic E-state index is -3.73. The molecule has 1 N–H and O–H groups in total. The van der Waals surface area contributed by atoms with Gasteiger partial charge in [0.05, 0.1) is 21.5 Å². The van der Waals surface area contributed by atoms with Gasteiger partial charge in [0, 0.05) is 72.9 Å². The standard InChI is InChI=1S/C24H25N3O3S.C17H20N4O/c28-24-20-7-4-8-21-23(20)18(15-27(21)31(29,30)19-5-2-1-3-6-19)11-14-26(24)22-16-25-12-9-17(22)10-13-25;22-17-12-2-1-3-13-16(12)14(19-18-13)6-9-21(17)15-10-20-7-4-11(15)5-8-20/h1-8,15,17,22H,9-14,16H2;1-3,11,15H,4-10H2,(H,18,19)/t22-;15-/m11/s1. The zero-order chi connectivity index (χ0) is 35.8. The molecule has 0 spiro atoms. The zero-order valence-electron chi connectivity index (χ0n) is 29.9. The van der Waals surface area contributed by atoms with Gasteiger partial charge >= 0.3 is 0 Å². The number of H-pyrrole nitrogens is 1. The topological polar surface area (TPSA) is 115 Å². The molecular weight excluding hydrogens is 687 g/mol. The van der Waals surface area contributed by atoms with Crippen LogP contribution < -0.4 is 0 Å². The lowest BCUT2D eigenvalue weighted by Crippen LogP contribution is -2.58. The van der Waals surface area contributed by atoms with Crippen molar-refractivity contribution in [2.75, 3.05) is 52.4 Å².